The molecule has 2 aromatic rings. The highest BCUT2D eigenvalue weighted by atomic mass is 79.9. The summed E-state index contributed by atoms with van der Waals surface area (Å²) in [6.07, 6.45) is 0. The molecule has 0 radical (unpaired) electrons. The van der Waals surface area contributed by atoms with Crippen molar-refractivity contribution in [3.05, 3.63) is 40.4 Å². The molecule has 82 valence electrons. The van der Waals surface area contributed by atoms with E-state index in [-0.39, 0.29) is 5.78 Å². The van der Waals surface area contributed by atoms with Crippen molar-refractivity contribution in [2.75, 3.05) is 7.11 Å². The molecule has 3 heteroatoms. The predicted molar refractivity (Wildman–Crippen MR) is 68.2 cm³/mol. The van der Waals surface area contributed by atoms with E-state index in [1.54, 1.807) is 14.0 Å². The van der Waals surface area contributed by atoms with Crippen LogP contribution in [0.3, 0.4) is 0 Å². The molecule has 0 atom stereocenters. The topological polar surface area (TPSA) is 26.3 Å². The molecule has 0 amide bonds. The van der Waals surface area contributed by atoms with Crippen LogP contribution < -0.4 is 4.74 Å². The molecule has 0 N–H and O–H groups in total. The van der Waals surface area contributed by atoms with Crippen LogP contribution >= 0.6 is 15.9 Å². The van der Waals surface area contributed by atoms with Gasteiger partial charge in [0, 0.05) is 15.4 Å². The fraction of sp³-hybridized carbons (Fsp3) is 0.154. The first kappa shape index (κ1) is 11.1. The van der Waals surface area contributed by atoms with Gasteiger partial charge in [-0.25, -0.2) is 0 Å². The predicted octanol–water partition coefficient (Wildman–Crippen LogP) is 3.81. The quantitative estimate of drug-likeness (QED) is 0.781. The third kappa shape index (κ3) is 1.71. The number of benzene rings is 2. The lowest BCUT2D eigenvalue weighted by molar-refractivity contribution is 0.101. The molecular weight excluding hydrogens is 268 g/mol. The summed E-state index contributed by atoms with van der Waals surface area (Å²) in [6, 6.07) is 9.56. The van der Waals surface area contributed by atoms with Crippen LogP contribution in [0.5, 0.6) is 5.75 Å². The Balaban J connectivity index is 2.92. The largest absolute Gasteiger partial charge is 0.496 e. The van der Waals surface area contributed by atoms with Gasteiger partial charge < -0.3 is 4.74 Å². The third-order valence-electron chi connectivity index (χ3n) is 2.53. The van der Waals surface area contributed by atoms with Gasteiger partial charge >= 0.3 is 0 Å². The zero-order valence-electron chi connectivity index (χ0n) is 9.08. The molecule has 0 aliphatic heterocycles. The summed E-state index contributed by atoms with van der Waals surface area (Å²) >= 11 is 3.41. The smallest absolute Gasteiger partial charge is 0.161 e. The number of carbonyl (C=O) groups is 1. The molecule has 16 heavy (non-hydrogen) atoms. The number of carbonyl (C=O) groups excluding carboxylic acids is 1. The molecule has 0 aliphatic carbocycles. The lowest BCUT2D eigenvalue weighted by Crippen LogP contribution is -1.97. The molecule has 0 fully saturated rings. The average Bonchev–Trinajstić information content (AvgIpc) is 2.27. The Morgan fingerprint density at radius 2 is 1.88 bits per heavy atom. The molecule has 2 nitrogen and oxygen atoms in total. The second-order valence-corrected chi connectivity index (χ2v) is 4.39. The number of ether oxygens (including phenoxy) is 1. The second-order valence-electron chi connectivity index (χ2n) is 3.54. The van der Waals surface area contributed by atoms with Crippen LogP contribution in [0.4, 0.5) is 0 Å². The van der Waals surface area contributed by atoms with Crippen molar-refractivity contribution in [2.45, 2.75) is 6.92 Å². The van der Waals surface area contributed by atoms with Gasteiger partial charge in [-0.2, -0.15) is 0 Å². The van der Waals surface area contributed by atoms with Crippen molar-refractivity contribution >= 4 is 32.5 Å². The van der Waals surface area contributed by atoms with E-state index in [9.17, 15) is 4.79 Å². The summed E-state index contributed by atoms with van der Waals surface area (Å²) in [5, 5.41) is 1.87. The van der Waals surface area contributed by atoms with Crippen molar-refractivity contribution < 1.29 is 9.53 Å². The van der Waals surface area contributed by atoms with Crippen molar-refractivity contribution in [1.29, 1.82) is 0 Å². The average molecular weight is 279 g/mol. The minimum Gasteiger partial charge on any atom is -0.496 e. The molecule has 0 unspecified atom stereocenters. The van der Waals surface area contributed by atoms with Crippen molar-refractivity contribution in [3.63, 3.8) is 0 Å². The minimum atomic E-state index is 0.0470. The van der Waals surface area contributed by atoms with Gasteiger partial charge in [0.1, 0.15) is 5.75 Å². The van der Waals surface area contributed by atoms with Gasteiger partial charge in [0.15, 0.2) is 5.78 Å². The maximum absolute atomic E-state index is 11.6. The van der Waals surface area contributed by atoms with E-state index in [2.05, 4.69) is 15.9 Å². The maximum atomic E-state index is 11.6. The fourth-order valence-electron chi connectivity index (χ4n) is 1.84. The van der Waals surface area contributed by atoms with E-state index in [1.165, 1.54) is 0 Å². The molecular formula is C13H11BrO2. The van der Waals surface area contributed by atoms with Gasteiger partial charge in [0.2, 0.25) is 0 Å². The normalized spacial score (nSPS) is 10.4. The van der Waals surface area contributed by atoms with Crippen LogP contribution in [-0.4, -0.2) is 12.9 Å². The molecule has 0 saturated carbocycles. The number of hydrogen-bond donors (Lipinski definition) is 0. The highest BCUT2D eigenvalue weighted by Crippen LogP contribution is 2.34. The highest BCUT2D eigenvalue weighted by Gasteiger charge is 2.13. The first-order valence-electron chi connectivity index (χ1n) is 4.91. The highest BCUT2D eigenvalue weighted by molar-refractivity contribution is 9.10. The molecule has 2 rings (SSSR count). The second kappa shape index (κ2) is 4.26. The lowest BCUT2D eigenvalue weighted by atomic mass is 10.0. The number of fused-ring (bicyclic) bond motifs is 1. The van der Waals surface area contributed by atoms with Crippen molar-refractivity contribution in [2.24, 2.45) is 0 Å². The van der Waals surface area contributed by atoms with E-state index in [0.29, 0.717) is 5.56 Å². The molecule has 2 aromatic carbocycles. The monoisotopic (exact) mass is 278 g/mol. The fourth-order valence-corrected chi connectivity index (χ4v) is 2.54. The molecule has 0 saturated heterocycles. The van der Waals surface area contributed by atoms with Gasteiger partial charge in [-0.15, -0.1) is 0 Å². The van der Waals surface area contributed by atoms with Gasteiger partial charge in [-0.05, 0) is 34.3 Å². The number of hydrogen-bond acceptors (Lipinski definition) is 2. The van der Waals surface area contributed by atoms with Crippen LogP contribution in [0, 0.1) is 0 Å². The lowest BCUT2D eigenvalue weighted by Gasteiger charge is -2.10. The number of halogens is 1. The summed E-state index contributed by atoms with van der Waals surface area (Å²) in [6.45, 7) is 1.57. The van der Waals surface area contributed by atoms with Gasteiger partial charge in [-0.1, -0.05) is 24.3 Å². The summed E-state index contributed by atoms with van der Waals surface area (Å²) < 4.78 is 6.08. The van der Waals surface area contributed by atoms with Crippen LogP contribution in [0.25, 0.3) is 10.8 Å². The van der Waals surface area contributed by atoms with Gasteiger partial charge in [0.25, 0.3) is 0 Å². The summed E-state index contributed by atoms with van der Waals surface area (Å²) in [4.78, 5) is 11.6. The Kier molecular flexibility index (Phi) is 2.97. The van der Waals surface area contributed by atoms with Crippen molar-refractivity contribution in [3.8, 4) is 5.75 Å². The molecule has 0 heterocycles. The number of ketones is 1. The molecule has 0 spiro atoms. The third-order valence-corrected chi connectivity index (χ3v) is 3.16. The zero-order valence-corrected chi connectivity index (χ0v) is 10.7. The first-order chi connectivity index (χ1) is 7.65. The molecule has 0 aliphatic rings. The summed E-state index contributed by atoms with van der Waals surface area (Å²) in [5.74, 6) is 0.818. The van der Waals surface area contributed by atoms with E-state index >= 15 is 0 Å². The van der Waals surface area contributed by atoms with Crippen LogP contribution in [0.15, 0.2) is 34.8 Å². The van der Waals surface area contributed by atoms with Crippen molar-refractivity contribution in [1.82, 2.24) is 0 Å². The number of methoxy groups -OCH3 is 1. The SMILES string of the molecule is COc1cc(Br)c(C(C)=O)c2ccccc12. The first-order valence-corrected chi connectivity index (χ1v) is 5.70. The Labute approximate surface area is 102 Å². The Morgan fingerprint density at radius 3 is 2.44 bits per heavy atom. The Morgan fingerprint density at radius 1 is 1.25 bits per heavy atom. The summed E-state index contributed by atoms with van der Waals surface area (Å²) in [7, 11) is 1.63. The Bertz CT molecular complexity index is 561. The van der Waals surface area contributed by atoms with E-state index in [1.807, 2.05) is 30.3 Å². The Hall–Kier alpha value is -1.35. The number of rotatable bonds is 2. The van der Waals surface area contributed by atoms with Gasteiger partial charge in [0.05, 0.1) is 7.11 Å². The molecule has 0 aromatic heterocycles. The van der Waals surface area contributed by atoms with E-state index < -0.39 is 0 Å². The van der Waals surface area contributed by atoms with Crippen LogP contribution in [-0.2, 0) is 0 Å². The summed E-state index contributed by atoms with van der Waals surface area (Å²) in [5.41, 5.74) is 0.705. The van der Waals surface area contributed by atoms with E-state index in [0.717, 1.165) is 21.0 Å². The van der Waals surface area contributed by atoms with E-state index in [4.69, 9.17) is 4.74 Å². The van der Waals surface area contributed by atoms with Crippen LogP contribution in [0.1, 0.15) is 17.3 Å². The van der Waals surface area contributed by atoms with Gasteiger partial charge in [-0.3, -0.25) is 4.79 Å². The maximum Gasteiger partial charge on any atom is 0.161 e. The minimum absolute atomic E-state index is 0.0470. The molecule has 0 bridgehead atoms. The van der Waals surface area contributed by atoms with Crippen LogP contribution in [0.2, 0.25) is 0 Å². The number of Topliss-reactive ketones (excluding diaryl/α,β-unsaturated/α-hetero) is 1. The standard InChI is InChI=1S/C13H11BrO2/c1-8(15)13-10-6-4-3-5-9(10)12(16-2)7-11(13)14/h3-7H,1-2H3. The zero-order chi connectivity index (χ0) is 11.7.